The number of H-pyrrole nitrogens is 1. The van der Waals surface area contributed by atoms with Crippen molar-refractivity contribution in [1.29, 1.82) is 0 Å². The minimum atomic E-state index is -0.0904. The van der Waals surface area contributed by atoms with Crippen molar-refractivity contribution in [1.82, 2.24) is 15.0 Å². The summed E-state index contributed by atoms with van der Waals surface area (Å²) in [7, 11) is 0. The molecule has 4 nitrogen and oxygen atoms in total. The molecule has 0 saturated carbocycles. The predicted octanol–water partition coefficient (Wildman–Crippen LogP) is 3.22. The topological polar surface area (TPSA) is 58.6 Å². The molecule has 0 spiro atoms. The van der Waals surface area contributed by atoms with Gasteiger partial charge in [-0.2, -0.15) is 0 Å². The SMILES string of the molecule is Cc1c(Cc2ccccc2)nc(Sc2cccnc2)[nH]c1=O. The van der Waals surface area contributed by atoms with Gasteiger partial charge in [-0.25, -0.2) is 4.98 Å². The third-order valence-corrected chi connectivity index (χ3v) is 4.16. The van der Waals surface area contributed by atoms with Gasteiger partial charge in [-0.1, -0.05) is 42.1 Å². The standard InChI is InChI=1S/C17H15N3OS/c1-12-15(10-13-6-3-2-4-7-13)19-17(20-16(12)21)22-14-8-5-9-18-11-14/h2-9,11H,10H2,1H3,(H,19,20,21). The molecule has 0 fully saturated rings. The Morgan fingerprint density at radius 2 is 1.95 bits per heavy atom. The summed E-state index contributed by atoms with van der Waals surface area (Å²) in [5.74, 6) is 0. The van der Waals surface area contributed by atoms with Crippen LogP contribution < -0.4 is 5.56 Å². The van der Waals surface area contributed by atoms with Gasteiger partial charge in [0.1, 0.15) is 0 Å². The minimum absolute atomic E-state index is 0.0904. The van der Waals surface area contributed by atoms with Crippen LogP contribution in [0.5, 0.6) is 0 Å². The van der Waals surface area contributed by atoms with Crippen LogP contribution in [0.1, 0.15) is 16.8 Å². The van der Waals surface area contributed by atoms with Crippen LogP contribution in [0.3, 0.4) is 0 Å². The maximum absolute atomic E-state index is 12.1. The average Bonchev–Trinajstić information content (AvgIpc) is 2.54. The average molecular weight is 309 g/mol. The Kier molecular flexibility index (Phi) is 4.34. The highest BCUT2D eigenvalue weighted by Gasteiger charge is 2.09. The van der Waals surface area contributed by atoms with Crippen LogP contribution in [0.2, 0.25) is 0 Å². The van der Waals surface area contributed by atoms with Crippen LogP contribution in [0.25, 0.3) is 0 Å². The lowest BCUT2D eigenvalue weighted by Gasteiger charge is -2.07. The fourth-order valence-corrected chi connectivity index (χ4v) is 2.87. The molecule has 0 unspecified atom stereocenters. The number of benzene rings is 1. The van der Waals surface area contributed by atoms with Gasteiger partial charge in [-0.15, -0.1) is 0 Å². The third kappa shape index (κ3) is 3.43. The molecule has 0 aliphatic heterocycles. The largest absolute Gasteiger partial charge is 0.301 e. The van der Waals surface area contributed by atoms with Crippen molar-refractivity contribution < 1.29 is 0 Å². The van der Waals surface area contributed by atoms with Gasteiger partial charge in [0.05, 0.1) is 5.69 Å². The van der Waals surface area contributed by atoms with Crippen LogP contribution in [0.4, 0.5) is 0 Å². The summed E-state index contributed by atoms with van der Waals surface area (Å²) in [6, 6.07) is 13.8. The van der Waals surface area contributed by atoms with E-state index in [1.165, 1.54) is 11.8 Å². The Bertz CT molecular complexity index is 816. The number of nitrogens with zero attached hydrogens (tertiary/aromatic N) is 2. The molecular weight excluding hydrogens is 294 g/mol. The minimum Gasteiger partial charge on any atom is -0.301 e. The van der Waals surface area contributed by atoms with E-state index in [2.05, 4.69) is 15.0 Å². The van der Waals surface area contributed by atoms with Crippen molar-refractivity contribution in [3.8, 4) is 0 Å². The second-order valence-corrected chi connectivity index (χ2v) is 5.96. The van der Waals surface area contributed by atoms with Gasteiger partial charge in [-0.05, 0) is 24.6 Å². The number of hydrogen-bond acceptors (Lipinski definition) is 4. The van der Waals surface area contributed by atoms with Gasteiger partial charge in [-0.3, -0.25) is 9.78 Å². The van der Waals surface area contributed by atoms with E-state index in [0.29, 0.717) is 17.1 Å². The lowest BCUT2D eigenvalue weighted by atomic mass is 10.1. The summed E-state index contributed by atoms with van der Waals surface area (Å²) in [4.78, 5) is 24.6. The molecule has 0 amide bonds. The highest BCUT2D eigenvalue weighted by atomic mass is 32.2. The zero-order valence-corrected chi connectivity index (χ0v) is 12.9. The van der Waals surface area contributed by atoms with E-state index < -0.39 is 0 Å². The number of pyridine rings is 1. The molecule has 0 radical (unpaired) electrons. The molecule has 22 heavy (non-hydrogen) atoms. The van der Waals surface area contributed by atoms with E-state index in [0.717, 1.165) is 16.2 Å². The Balaban J connectivity index is 1.92. The van der Waals surface area contributed by atoms with Crippen molar-refractivity contribution in [3.63, 3.8) is 0 Å². The molecule has 0 bridgehead atoms. The molecule has 2 aromatic heterocycles. The van der Waals surface area contributed by atoms with Crippen molar-refractivity contribution in [2.75, 3.05) is 0 Å². The lowest BCUT2D eigenvalue weighted by molar-refractivity contribution is 0.858. The zero-order chi connectivity index (χ0) is 15.4. The molecule has 1 N–H and O–H groups in total. The predicted molar refractivity (Wildman–Crippen MR) is 87.2 cm³/mol. The van der Waals surface area contributed by atoms with Crippen molar-refractivity contribution in [2.24, 2.45) is 0 Å². The summed E-state index contributed by atoms with van der Waals surface area (Å²) >= 11 is 1.41. The Morgan fingerprint density at radius 1 is 1.14 bits per heavy atom. The summed E-state index contributed by atoms with van der Waals surface area (Å²) < 4.78 is 0. The summed E-state index contributed by atoms with van der Waals surface area (Å²) in [6.45, 7) is 1.81. The van der Waals surface area contributed by atoms with Gasteiger partial charge in [0, 0.05) is 29.3 Å². The third-order valence-electron chi connectivity index (χ3n) is 3.29. The van der Waals surface area contributed by atoms with Gasteiger partial charge >= 0.3 is 0 Å². The van der Waals surface area contributed by atoms with Crippen molar-refractivity contribution >= 4 is 11.8 Å². The Labute approximate surface area is 132 Å². The lowest BCUT2D eigenvalue weighted by Crippen LogP contribution is -2.16. The van der Waals surface area contributed by atoms with Gasteiger partial charge in [0.15, 0.2) is 5.16 Å². The Hall–Kier alpha value is -2.40. The number of rotatable bonds is 4. The maximum atomic E-state index is 12.1. The van der Waals surface area contributed by atoms with E-state index in [9.17, 15) is 4.79 Å². The molecule has 2 heterocycles. The number of nitrogens with one attached hydrogen (secondary N) is 1. The molecule has 5 heteroatoms. The van der Waals surface area contributed by atoms with E-state index in [1.807, 2.05) is 49.4 Å². The van der Waals surface area contributed by atoms with Crippen LogP contribution in [0.15, 0.2) is 69.7 Å². The first kappa shape index (κ1) is 14.5. The van der Waals surface area contributed by atoms with E-state index in [4.69, 9.17) is 0 Å². The first-order valence-electron chi connectivity index (χ1n) is 6.94. The smallest absolute Gasteiger partial charge is 0.254 e. The quantitative estimate of drug-likeness (QED) is 0.752. The van der Waals surface area contributed by atoms with Crippen molar-refractivity contribution in [3.05, 3.63) is 82.0 Å². The second kappa shape index (κ2) is 6.58. The molecule has 0 aliphatic carbocycles. The first-order valence-corrected chi connectivity index (χ1v) is 7.75. The van der Waals surface area contributed by atoms with Crippen molar-refractivity contribution in [2.45, 2.75) is 23.4 Å². The zero-order valence-electron chi connectivity index (χ0n) is 12.1. The van der Waals surface area contributed by atoms with Crippen LogP contribution >= 0.6 is 11.8 Å². The maximum Gasteiger partial charge on any atom is 0.254 e. The monoisotopic (exact) mass is 309 g/mol. The number of hydrogen-bond donors (Lipinski definition) is 1. The molecule has 0 atom stereocenters. The van der Waals surface area contributed by atoms with E-state index >= 15 is 0 Å². The molecule has 0 saturated heterocycles. The highest BCUT2D eigenvalue weighted by Crippen LogP contribution is 2.23. The van der Waals surface area contributed by atoms with Crippen LogP contribution in [0, 0.1) is 6.92 Å². The summed E-state index contributed by atoms with van der Waals surface area (Å²) in [5.41, 5.74) is 2.52. The molecule has 3 aromatic rings. The van der Waals surface area contributed by atoms with E-state index in [-0.39, 0.29) is 5.56 Å². The molecule has 3 rings (SSSR count). The van der Waals surface area contributed by atoms with Gasteiger partial charge < -0.3 is 4.98 Å². The van der Waals surface area contributed by atoms with E-state index in [1.54, 1.807) is 12.4 Å². The second-order valence-electron chi connectivity index (χ2n) is 4.90. The fourth-order valence-electron chi connectivity index (χ4n) is 2.09. The molecule has 110 valence electrons. The fraction of sp³-hybridized carbons (Fsp3) is 0.118. The van der Waals surface area contributed by atoms with Crippen LogP contribution in [-0.4, -0.2) is 15.0 Å². The van der Waals surface area contributed by atoms with Gasteiger partial charge in [0.25, 0.3) is 5.56 Å². The molecule has 0 aliphatic rings. The molecular formula is C17H15N3OS. The summed E-state index contributed by atoms with van der Waals surface area (Å²) in [5, 5.41) is 0.592. The van der Waals surface area contributed by atoms with Crippen LogP contribution in [-0.2, 0) is 6.42 Å². The Morgan fingerprint density at radius 3 is 2.68 bits per heavy atom. The normalized spacial score (nSPS) is 10.6. The first-order chi connectivity index (χ1) is 10.7. The summed E-state index contributed by atoms with van der Waals surface area (Å²) in [6.07, 6.45) is 4.12. The number of aromatic amines is 1. The number of aromatic nitrogens is 3. The molecule has 1 aromatic carbocycles. The van der Waals surface area contributed by atoms with Gasteiger partial charge in [0.2, 0.25) is 0 Å². The highest BCUT2D eigenvalue weighted by molar-refractivity contribution is 7.99.